The van der Waals surface area contributed by atoms with Gasteiger partial charge >= 0.3 is 5.97 Å². The molecular formula is C27H27NO2. The molecule has 3 aromatic carbocycles. The summed E-state index contributed by atoms with van der Waals surface area (Å²) in [4.78, 5) is 10.7. The van der Waals surface area contributed by atoms with Gasteiger partial charge in [0, 0.05) is 30.1 Å². The van der Waals surface area contributed by atoms with Crippen LogP contribution in [-0.2, 0) is 17.8 Å². The third-order valence-corrected chi connectivity index (χ3v) is 5.62. The second kappa shape index (κ2) is 9.45. The van der Waals surface area contributed by atoms with E-state index in [1.807, 2.05) is 6.07 Å². The molecule has 30 heavy (non-hydrogen) atoms. The van der Waals surface area contributed by atoms with E-state index in [4.69, 9.17) is 5.11 Å². The van der Waals surface area contributed by atoms with E-state index in [-0.39, 0.29) is 6.42 Å². The van der Waals surface area contributed by atoms with E-state index in [2.05, 4.69) is 83.6 Å². The lowest BCUT2D eigenvalue weighted by atomic mass is 10.0. The summed E-state index contributed by atoms with van der Waals surface area (Å²) in [5, 5.41) is 10.1. The lowest BCUT2D eigenvalue weighted by Gasteiger charge is -2.07. The first-order valence-electron chi connectivity index (χ1n) is 10.6. The molecule has 0 amide bonds. The number of para-hydroxylation sites is 1. The third kappa shape index (κ3) is 4.80. The molecule has 0 bridgehead atoms. The van der Waals surface area contributed by atoms with E-state index in [0.717, 1.165) is 32.2 Å². The third-order valence-electron chi connectivity index (χ3n) is 5.62. The van der Waals surface area contributed by atoms with Crippen LogP contribution >= 0.6 is 0 Å². The van der Waals surface area contributed by atoms with Crippen LogP contribution in [0.25, 0.3) is 22.0 Å². The zero-order chi connectivity index (χ0) is 20.8. The number of fused-ring (bicyclic) bond motifs is 1. The average Bonchev–Trinajstić information content (AvgIpc) is 3.12. The van der Waals surface area contributed by atoms with Gasteiger partial charge in [-0.1, -0.05) is 79.2 Å². The smallest absolute Gasteiger partial charge is 0.303 e. The van der Waals surface area contributed by atoms with Gasteiger partial charge in [0.15, 0.2) is 0 Å². The molecule has 4 rings (SSSR count). The van der Waals surface area contributed by atoms with E-state index in [0.29, 0.717) is 0 Å². The molecule has 0 fully saturated rings. The predicted octanol–water partition coefficient (Wildman–Crippen LogP) is 6.54. The van der Waals surface area contributed by atoms with Gasteiger partial charge in [-0.3, -0.25) is 4.79 Å². The summed E-state index contributed by atoms with van der Waals surface area (Å²) in [6.07, 6.45) is 6.25. The lowest BCUT2D eigenvalue weighted by molar-refractivity contribution is -0.137. The molecule has 1 N–H and O–H groups in total. The highest BCUT2D eigenvalue weighted by Gasteiger charge is 2.09. The molecule has 0 saturated carbocycles. The van der Waals surface area contributed by atoms with Gasteiger partial charge in [-0.2, -0.15) is 0 Å². The van der Waals surface area contributed by atoms with Gasteiger partial charge in [0.2, 0.25) is 0 Å². The van der Waals surface area contributed by atoms with Crippen molar-refractivity contribution in [1.29, 1.82) is 0 Å². The summed E-state index contributed by atoms with van der Waals surface area (Å²) >= 11 is 0. The second-order valence-corrected chi connectivity index (χ2v) is 7.82. The van der Waals surface area contributed by atoms with E-state index in [1.165, 1.54) is 33.2 Å². The molecule has 1 heterocycles. The van der Waals surface area contributed by atoms with E-state index in [9.17, 15) is 4.79 Å². The Morgan fingerprint density at radius 2 is 1.47 bits per heavy atom. The Kier molecular flexibility index (Phi) is 6.29. The summed E-state index contributed by atoms with van der Waals surface area (Å²) in [7, 11) is 0. The number of nitrogens with zero attached hydrogens (tertiary/aromatic N) is 1. The molecular weight excluding hydrogens is 370 g/mol. The molecule has 152 valence electrons. The Bertz CT molecular complexity index is 1110. The van der Waals surface area contributed by atoms with Crippen molar-refractivity contribution in [1.82, 2.24) is 4.57 Å². The molecule has 0 spiro atoms. The first kappa shape index (κ1) is 20.0. The fourth-order valence-electron chi connectivity index (χ4n) is 4.05. The van der Waals surface area contributed by atoms with Crippen molar-refractivity contribution in [3.63, 3.8) is 0 Å². The number of hydrogen-bond donors (Lipinski definition) is 1. The zero-order valence-corrected chi connectivity index (χ0v) is 17.1. The molecule has 4 aromatic rings. The first-order valence-corrected chi connectivity index (χ1v) is 10.6. The van der Waals surface area contributed by atoms with Crippen molar-refractivity contribution in [2.75, 3.05) is 0 Å². The standard InChI is InChI=1S/C27H27NO2/c29-27(30)14-6-2-5-11-24-20-28(26-13-8-7-12-25(24)26)19-21-15-17-23(18-16-21)22-9-3-1-4-10-22/h1,3-4,7-10,12-13,15-18,20H,2,5-6,11,14,19H2,(H,29,30). The summed E-state index contributed by atoms with van der Waals surface area (Å²) in [6, 6.07) is 27.8. The van der Waals surface area contributed by atoms with Gasteiger partial charge < -0.3 is 9.67 Å². The maximum absolute atomic E-state index is 10.7. The van der Waals surface area contributed by atoms with Crippen LogP contribution in [0.2, 0.25) is 0 Å². The SMILES string of the molecule is O=C(O)CCCCCc1cn(Cc2ccc(-c3ccccc3)cc2)c2ccccc12. The van der Waals surface area contributed by atoms with Crippen molar-refractivity contribution in [2.45, 2.75) is 38.6 Å². The maximum atomic E-state index is 10.7. The van der Waals surface area contributed by atoms with Crippen LogP contribution in [0.3, 0.4) is 0 Å². The largest absolute Gasteiger partial charge is 0.481 e. The van der Waals surface area contributed by atoms with Gasteiger partial charge in [0.25, 0.3) is 0 Å². The minimum atomic E-state index is -0.704. The molecule has 0 aliphatic carbocycles. The van der Waals surface area contributed by atoms with Gasteiger partial charge in [-0.15, -0.1) is 0 Å². The number of rotatable bonds is 9. The van der Waals surface area contributed by atoms with Crippen molar-refractivity contribution in [3.8, 4) is 11.1 Å². The number of unbranched alkanes of at least 4 members (excludes halogenated alkanes) is 2. The van der Waals surface area contributed by atoms with Crippen LogP contribution in [0, 0.1) is 0 Å². The normalized spacial score (nSPS) is 11.1. The van der Waals surface area contributed by atoms with E-state index in [1.54, 1.807) is 0 Å². The Hall–Kier alpha value is -3.33. The number of aryl methyl sites for hydroxylation is 1. The summed E-state index contributed by atoms with van der Waals surface area (Å²) < 4.78 is 2.33. The number of aliphatic carboxylic acids is 1. The second-order valence-electron chi connectivity index (χ2n) is 7.82. The Morgan fingerprint density at radius 3 is 2.23 bits per heavy atom. The number of benzene rings is 3. The number of carboxylic acid groups (broad SMARTS) is 1. The molecule has 0 saturated heterocycles. The topological polar surface area (TPSA) is 42.2 Å². The average molecular weight is 398 g/mol. The molecule has 3 nitrogen and oxygen atoms in total. The molecule has 0 atom stereocenters. The van der Waals surface area contributed by atoms with Gasteiger partial charge in [-0.05, 0) is 47.6 Å². The van der Waals surface area contributed by atoms with Crippen LogP contribution in [-0.4, -0.2) is 15.6 Å². The molecule has 0 aliphatic heterocycles. The Labute approximate surface area is 177 Å². The minimum absolute atomic E-state index is 0.265. The van der Waals surface area contributed by atoms with Crippen LogP contribution in [0.5, 0.6) is 0 Å². The van der Waals surface area contributed by atoms with Gasteiger partial charge in [-0.25, -0.2) is 0 Å². The molecule has 0 unspecified atom stereocenters. The first-order chi connectivity index (χ1) is 14.7. The van der Waals surface area contributed by atoms with Crippen LogP contribution in [0.1, 0.15) is 36.8 Å². The minimum Gasteiger partial charge on any atom is -0.481 e. The van der Waals surface area contributed by atoms with E-state index < -0.39 is 5.97 Å². The highest BCUT2D eigenvalue weighted by molar-refractivity contribution is 5.84. The van der Waals surface area contributed by atoms with Crippen molar-refractivity contribution in [2.24, 2.45) is 0 Å². The van der Waals surface area contributed by atoms with Gasteiger partial charge in [0.05, 0.1) is 0 Å². The fraction of sp³-hybridized carbons (Fsp3) is 0.222. The highest BCUT2D eigenvalue weighted by atomic mass is 16.4. The molecule has 0 aliphatic rings. The van der Waals surface area contributed by atoms with Crippen LogP contribution in [0.15, 0.2) is 85.1 Å². The van der Waals surface area contributed by atoms with Crippen molar-refractivity contribution in [3.05, 3.63) is 96.2 Å². The Balaban J connectivity index is 1.48. The highest BCUT2D eigenvalue weighted by Crippen LogP contribution is 2.25. The molecule has 1 aromatic heterocycles. The summed E-state index contributed by atoms with van der Waals surface area (Å²) in [6.45, 7) is 0.842. The zero-order valence-electron chi connectivity index (χ0n) is 17.1. The fourth-order valence-corrected chi connectivity index (χ4v) is 4.05. The monoisotopic (exact) mass is 397 g/mol. The quantitative estimate of drug-likeness (QED) is 0.326. The van der Waals surface area contributed by atoms with E-state index >= 15 is 0 Å². The maximum Gasteiger partial charge on any atom is 0.303 e. The number of hydrogen-bond acceptors (Lipinski definition) is 1. The van der Waals surface area contributed by atoms with Crippen LogP contribution in [0.4, 0.5) is 0 Å². The molecule has 3 heteroatoms. The van der Waals surface area contributed by atoms with Crippen molar-refractivity contribution < 1.29 is 9.90 Å². The number of carbonyl (C=O) groups is 1. The molecule has 0 radical (unpaired) electrons. The number of carboxylic acids is 1. The summed E-state index contributed by atoms with van der Waals surface area (Å²) in [5.74, 6) is -0.704. The predicted molar refractivity (Wildman–Crippen MR) is 123 cm³/mol. The van der Waals surface area contributed by atoms with Gasteiger partial charge in [0.1, 0.15) is 0 Å². The summed E-state index contributed by atoms with van der Waals surface area (Å²) in [5.41, 5.74) is 6.36. The van der Waals surface area contributed by atoms with Crippen molar-refractivity contribution >= 4 is 16.9 Å². The van der Waals surface area contributed by atoms with Crippen LogP contribution < -0.4 is 0 Å². The number of aromatic nitrogens is 1. The lowest BCUT2D eigenvalue weighted by Crippen LogP contribution is -1.98. The Morgan fingerprint density at radius 1 is 0.767 bits per heavy atom.